The van der Waals surface area contributed by atoms with Crippen LogP contribution in [0.4, 0.5) is 10.5 Å². The maximum absolute atomic E-state index is 12.7. The molecule has 0 bridgehead atoms. The molecule has 2 heterocycles. The van der Waals surface area contributed by atoms with Gasteiger partial charge in [-0.1, -0.05) is 12.1 Å². The van der Waals surface area contributed by atoms with Crippen molar-refractivity contribution in [1.82, 2.24) is 19.7 Å². The minimum absolute atomic E-state index is 0.0776. The number of amides is 2. The molecule has 1 aromatic carbocycles. The van der Waals surface area contributed by atoms with E-state index < -0.39 is 5.60 Å². The van der Waals surface area contributed by atoms with Crippen LogP contribution in [0.3, 0.4) is 0 Å². The zero-order chi connectivity index (χ0) is 20.1. The maximum atomic E-state index is 12.7. The van der Waals surface area contributed by atoms with Crippen LogP contribution in [0.25, 0.3) is 0 Å². The molecule has 2 aromatic rings. The molecule has 150 valence electrons. The summed E-state index contributed by atoms with van der Waals surface area (Å²) in [5.41, 5.74) is 1.20. The number of benzene rings is 1. The van der Waals surface area contributed by atoms with E-state index in [-0.39, 0.29) is 17.9 Å². The fraction of sp³-hybridized carbons (Fsp3) is 0.500. The van der Waals surface area contributed by atoms with Gasteiger partial charge in [0.15, 0.2) is 0 Å². The molecular formula is C20H27N5O3. The first-order chi connectivity index (χ1) is 13.3. The molecule has 28 heavy (non-hydrogen) atoms. The molecule has 8 heteroatoms. The Balaban J connectivity index is 1.59. The Labute approximate surface area is 164 Å². The van der Waals surface area contributed by atoms with Crippen molar-refractivity contribution in [3.05, 3.63) is 42.5 Å². The molecule has 0 spiro atoms. The average Bonchev–Trinajstić information content (AvgIpc) is 3.14. The second kappa shape index (κ2) is 8.41. The fourth-order valence-electron chi connectivity index (χ4n) is 3.18. The molecule has 1 saturated heterocycles. The van der Waals surface area contributed by atoms with E-state index in [9.17, 15) is 9.59 Å². The highest BCUT2D eigenvalue weighted by Gasteiger charge is 2.31. The number of piperidine rings is 1. The van der Waals surface area contributed by atoms with Crippen LogP contribution in [-0.2, 0) is 16.1 Å². The van der Waals surface area contributed by atoms with Gasteiger partial charge in [0.1, 0.15) is 18.3 Å². The van der Waals surface area contributed by atoms with Crippen molar-refractivity contribution < 1.29 is 14.3 Å². The molecule has 1 aromatic heterocycles. The minimum Gasteiger partial charge on any atom is -0.444 e. The molecule has 0 radical (unpaired) electrons. The van der Waals surface area contributed by atoms with Gasteiger partial charge in [0, 0.05) is 18.8 Å². The number of hydrogen-bond acceptors (Lipinski definition) is 5. The van der Waals surface area contributed by atoms with Gasteiger partial charge in [-0.3, -0.25) is 4.79 Å². The molecule has 1 unspecified atom stereocenters. The van der Waals surface area contributed by atoms with Crippen LogP contribution in [0.1, 0.15) is 39.2 Å². The van der Waals surface area contributed by atoms with Crippen LogP contribution in [0, 0.1) is 5.92 Å². The van der Waals surface area contributed by atoms with Crippen LogP contribution in [-0.4, -0.2) is 50.4 Å². The molecule has 1 atom stereocenters. The van der Waals surface area contributed by atoms with E-state index in [1.165, 1.54) is 6.33 Å². The van der Waals surface area contributed by atoms with Crippen LogP contribution in [0.15, 0.2) is 36.9 Å². The third kappa shape index (κ3) is 5.55. The monoisotopic (exact) mass is 385 g/mol. The van der Waals surface area contributed by atoms with E-state index in [2.05, 4.69) is 15.4 Å². The van der Waals surface area contributed by atoms with Crippen molar-refractivity contribution in [3.63, 3.8) is 0 Å². The van der Waals surface area contributed by atoms with Gasteiger partial charge < -0.3 is 15.0 Å². The summed E-state index contributed by atoms with van der Waals surface area (Å²) in [6.07, 6.45) is 4.32. The second-order valence-corrected chi connectivity index (χ2v) is 8.05. The van der Waals surface area contributed by atoms with Gasteiger partial charge >= 0.3 is 6.09 Å². The topological polar surface area (TPSA) is 89.4 Å². The standard InChI is InChI=1S/C20H27N5O3/c1-20(2,3)28-19(27)24-9-5-7-16(12-24)18(26)23-17-8-4-6-15(10-17)11-25-14-21-13-22-25/h4,6,8,10,13-14,16H,5,7,9,11-12H2,1-3H3,(H,23,26). The zero-order valence-corrected chi connectivity index (χ0v) is 16.6. The molecule has 1 N–H and O–H groups in total. The van der Waals surface area contributed by atoms with Gasteiger partial charge in [-0.25, -0.2) is 14.5 Å². The predicted molar refractivity (Wildman–Crippen MR) is 105 cm³/mol. The Bertz CT molecular complexity index is 813. The molecule has 8 nitrogen and oxygen atoms in total. The predicted octanol–water partition coefficient (Wildman–Crippen LogP) is 2.91. The average molecular weight is 385 g/mol. The largest absolute Gasteiger partial charge is 0.444 e. The quantitative estimate of drug-likeness (QED) is 0.874. The second-order valence-electron chi connectivity index (χ2n) is 8.05. The first kappa shape index (κ1) is 19.9. The number of carbonyl (C=O) groups excluding carboxylic acids is 2. The molecule has 2 amide bonds. The van der Waals surface area contributed by atoms with Crippen LogP contribution in [0.2, 0.25) is 0 Å². The van der Waals surface area contributed by atoms with Crippen molar-refractivity contribution in [2.45, 2.75) is 45.8 Å². The van der Waals surface area contributed by atoms with Crippen LogP contribution in [0.5, 0.6) is 0 Å². The Morgan fingerprint density at radius 2 is 2.14 bits per heavy atom. The van der Waals surface area contributed by atoms with E-state index in [0.29, 0.717) is 19.6 Å². The number of nitrogens with zero attached hydrogens (tertiary/aromatic N) is 4. The highest BCUT2D eigenvalue weighted by molar-refractivity contribution is 5.93. The van der Waals surface area contributed by atoms with Gasteiger partial charge in [0.2, 0.25) is 5.91 Å². The van der Waals surface area contributed by atoms with Gasteiger partial charge in [0.25, 0.3) is 0 Å². The molecule has 1 aliphatic rings. The number of anilines is 1. The molecule has 1 aliphatic heterocycles. The smallest absolute Gasteiger partial charge is 0.410 e. The first-order valence-electron chi connectivity index (χ1n) is 9.50. The van der Waals surface area contributed by atoms with E-state index in [1.807, 2.05) is 45.0 Å². The summed E-state index contributed by atoms with van der Waals surface area (Å²) in [6.45, 7) is 7.09. The van der Waals surface area contributed by atoms with Gasteiger partial charge in [-0.15, -0.1) is 0 Å². The summed E-state index contributed by atoms with van der Waals surface area (Å²) in [5, 5.41) is 7.07. The molecule has 1 fully saturated rings. The van der Waals surface area contributed by atoms with Crippen molar-refractivity contribution in [2.75, 3.05) is 18.4 Å². The number of rotatable bonds is 4. The lowest BCUT2D eigenvalue weighted by Crippen LogP contribution is -2.45. The van der Waals surface area contributed by atoms with Gasteiger partial charge in [-0.05, 0) is 51.3 Å². The number of nitrogens with one attached hydrogen (secondary N) is 1. The Morgan fingerprint density at radius 3 is 2.86 bits per heavy atom. The molecule has 0 saturated carbocycles. The number of hydrogen-bond donors (Lipinski definition) is 1. The Morgan fingerprint density at radius 1 is 1.32 bits per heavy atom. The van der Waals surface area contributed by atoms with Crippen LogP contribution < -0.4 is 5.32 Å². The molecule has 3 rings (SSSR count). The Kier molecular flexibility index (Phi) is 5.96. The van der Waals surface area contributed by atoms with E-state index >= 15 is 0 Å². The maximum Gasteiger partial charge on any atom is 0.410 e. The van der Waals surface area contributed by atoms with Crippen molar-refractivity contribution in [1.29, 1.82) is 0 Å². The number of aromatic nitrogens is 3. The first-order valence-corrected chi connectivity index (χ1v) is 9.50. The lowest BCUT2D eigenvalue weighted by molar-refractivity contribution is -0.121. The molecular weight excluding hydrogens is 358 g/mol. The van der Waals surface area contributed by atoms with Crippen molar-refractivity contribution in [3.8, 4) is 0 Å². The highest BCUT2D eigenvalue weighted by atomic mass is 16.6. The summed E-state index contributed by atoms with van der Waals surface area (Å²) in [7, 11) is 0. The Hall–Kier alpha value is -2.90. The lowest BCUT2D eigenvalue weighted by atomic mass is 9.97. The SMILES string of the molecule is CC(C)(C)OC(=O)N1CCCC(C(=O)Nc2cccc(Cn3cncn3)c2)C1. The number of carbonyl (C=O) groups is 2. The summed E-state index contributed by atoms with van der Waals surface area (Å²) >= 11 is 0. The van der Waals surface area contributed by atoms with E-state index in [1.54, 1.807) is 15.9 Å². The number of ether oxygens (including phenoxy) is 1. The summed E-state index contributed by atoms with van der Waals surface area (Å²) in [6, 6.07) is 7.66. The van der Waals surface area contributed by atoms with Crippen LogP contribution >= 0.6 is 0 Å². The van der Waals surface area contributed by atoms with E-state index in [4.69, 9.17) is 4.74 Å². The summed E-state index contributed by atoms with van der Waals surface area (Å²) < 4.78 is 7.15. The number of likely N-dealkylation sites (tertiary alicyclic amines) is 1. The summed E-state index contributed by atoms with van der Waals surface area (Å²) in [5.74, 6) is -0.327. The highest BCUT2D eigenvalue weighted by Crippen LogP contribution is 2.21. The zero-order valence-electron chi connectivity index (χ0n) is 16.6. The summed E-state index contributed by atoms with van der Waals surface area (Å²) in [4.78, 5) is 30.6. The third-order valence-electron chi connectivity index (χ3n) is 4.45. The normalized spacial score (nSPS) is 17.2. The van der Waals surface area contributed by atoms with Gasteiger partial charge in [0.05, 0.1) is 12.5 Å². The minimum atomic E-state index is -0.545. The fourth-order valence-corrected chi connectivity index (χ4v) is 3.18. The van der Waals surface area contributed by atoms with E-state index in [0.717, 1.165) is 24.1 Å². The van der Waals surface area contributed by atoms with Crippen molar-refractivity contribution in [2.24, 2.45) is 5.92 Å². The lowest BCUT2D eigenvalue weighted by Gasteiger charge is -2.33. The third-order valence-corrected chi connectivity index (χ3v) is 4.45. The van der Waals surface area contributed by atoms with Gasteiger partial charge in [-0.2, -0.15) is 5.10 Å². The molecule has 0 aliphatic carbocycles. The van der Waals surface area contributed by atoms with Crippen molar-refractivity contribution >= 4 is 17.7 Å².